The molecule has 0 aliphatic heterocycles. The van der Waals surface area contributed by atoms with E-state index < -0.39 is 23.4 Å². The molecule has 0 atom stereocenters. The lowest BCUT2D eigenvalue weighted by atomic mass is 10.1. The highest BCUT2D eigenvalue weighted by Gasteiger charge is 2.12. The first-order chi connectivity index (χ1) is 12.5. The molecule has 0 bridgehead atoms. The van der Waals surface area contributed by atoms with Crippen LogP contribution in [0.25, 0.3) is 10.9 Å². The predicted molar refractivity (Wildman–Crippen MR) is 93.6 cm³/mol. The number of carbonyl (C=O) groups excluding carboxylic acids is 1. The summed E-state index contributed by atoms with van der Waals surface area (Å²) >= 11 is 0. The third-order valence-corrected chi connectivity index (χ3v) is 3.95. The van der Waals surface area contributed by atoms with Gasteiger partial charge in [0.15, 0.2) is 0 Å². The van der Waals surface area contributed by atoms with E-state index in [1.165, 1.54) is 30.5 Å². The molecule has 2 aromatic carbocycles. The number of aryl methyl sites for hydroxylation is 1. The van der Waals surface area contributed by atoms with Gasteiger partial charge in [0, 0.05) is 30.5 Å². The molecule has 0 spiro atoms. The van der Waals surface area contributed by atoms with E-state index in [4.69, 9.17) is 0 Å². The summed E-state index contributed by atoms with van der Waals surface area (Å²) in [6.07, 6.45) is 1.38. The first kappa shape index (κ1) is 17.7. The van der Waals surface area contributed by atoms with Gasteiger partial charge >= 0.3 is 0 Å². The summed E-state index contributed by atoms with van der Waals surface area (Å²) in [6.45, 7) is 2.10. The summed E-state index contributed by atoms with van der Waals surface area (Å²) in [5.74, 6) is -2.06. The zero-order valence-corrected chi connectivity index (χ0v) is 13.9. The van der Waals surface area contributed by atoms with Crippen LogP contribution in [0.3, 0.4) is 0 Å². The number of nitrogens with one attached hydrogen (secondary N) is 2. The van der Waals surface area contributed by atoms with Crippen LogP contribution < -0.4 is 10.6 Å². The maximum atomic E-state index is 14.0. The molecule has 0 saturated heterocycles. The number of nitrogens with zero attached hydrogens (tertiary/aromatic N) is 1. The quantitative estimate of drug-likeness (QED) is 0.682. The number of amides is 1. The minimum atomic E-state index is -0.611. The van der Waals surface area contributed by atoms with Crippen LogP contribution in [0.5, 0.6) is 0 Å². The van der Waals surface area contributed by atoms with Gasteiger partial charge in [-0.1, -0.05) is 6.07 Å². The first-order valence-electron chi connectivity index (χ1n) is 7.98. The summed E-state index contributed by atoms with van der Waals surface area (Å²) in [5.41, 5.74) is 0.995. The number of fused-ring (bicyclic) bond motifs is 1. The molecule has 3 rings (SSSR count). The van der Waals surface area contributed by atoms with Crippen LogP contribution in [0.1, 0.15) is 15.9 Å². The van der Waals surface area contributed by atoms with E-state index in [1.54, 1.807) is 6.92 Å². The van der Waals surface area contributed by atoms with E-state index in [0.717, 1.165) is 12.1 Å². The van der Waals surface area contributed by atoms with Crippen molar-refractivity contribution in [3.63, 3.8) is 0 Å². The molecule has 0 saturated carbocycles. The van der Waals surface area contributed by atoms with Crippen molar-refractivity contribution >= 4 is 22.5 Å². The Morgan fingerprint density at radius 3 is 2.54 bits per heavy atom. The Morgan fingerprint density at radius 1 is 1.00 bits per heavy atom. The Hall–Kier alpha value is -3.09. The zero-order chi connectivity index (χ0) is 18.7. The highest BCUT2D eigenvalue weighted by molar-refractivity contribution is 5.94. The Labute approximate surface area is 148 Å². The number of rotatable bonds is 5. The number of hydrogen-bond acceptors (Lipinski definition) is 3. The third kappa shape index (κ3) is 3.61. The average Bonchev–Trinajstić information content (AvgIpc) is 2.64. The van der Waals surface area contributed by atoms with Gasteiger partial charge in [-0.25, -0.2) is 13.2 Å². The molecular weight excluding hydrogens is 343 g/mol. The Bertz CT molecular complexity index is 976. The van der Waals surface area contributed by atoms with Crippen molar-refractivity contribution in [2.24, 2.45) is 0 Å². The lowest BCUT2D eigenvalue weighted by Gasteiger charge is -2.11. The summed E-state index contributed by atoms with van der Waals surface area (Å²) in [6, 6.07) is 7.83. The molecule has 3 aromatic rings. The lowest BCUT2D eigenvalue weighted by molar-refractivity contribution is 0.0954. The standard InChI is InChI=1S/C19H16F3N3O/c1-11-2-3-12(10-15(11)22)19(26)25-9-8-23-16-6-7-24-18-14(21)5-4-13(20)17(16)18/h2-7,10H,8-9H2,1H3,(H,23,24)(H,25,26). The summed E-state index contributed by atoms with van der Waals surface area (Å²) < 4.78 is 41.3. The second kappa shape index (κ2) is 7.43. The molecule has 0 aliphatic rings. The minimum Gasteiger partial charge on any atom is -0.383 e. The molecule has 0 radical (unpaired) electrons. The van der Waals surface area contributed by atoms with Crippen molar-refractivity contribution in [1.29, 1.82) is 0 Å². The molecule has 1 amide bonds. The second-order valence-electron chi connectivity index (χ2n) is 5.76. The van der Waals surface area contributed by atoms with Crippen LogP contribution in [0.4, 0.5) is 18.9 Å². The Balaban J connectivity index is 1.64. The fourth-order valence-electron chi connectivity index (χ4n) is 2.55. The topological polar surface area (TPSA) is 54.0 Å². The molecule has 0 fully saturated rings. The number of aromatic nitrogens is 1. The van der Waals surface area contributed by atoms with Crippen molar-refractivity contribution < 1.29 is 18.0 Å². The van der Waals surface area contributed by atoms with E-state index in [-0.39, 0.29) is 29.6 Å². The van der Waals surface area contributed by atoms with Gasteiger partial charge in [-0.3, -0.25) is 9.78 Å². The summed E-state index contributed by atoms with van der Waals surface area (Å²) in [4.78, 5) is 15.9. The van der Waals surface area contributed by atoms with Gasteiger partial charge in [-0.05, 0) is 42.8 Å². The molecule has 26 heavy (non-hydrogen) atoms. The van der Waals surface area contributed by atoms with Gasteiger partial charge < -0.3 is 10.6 Å². The highest BCUT2D eigenvalue weighted by atomic mass is 19.1. The normalized spacial score (nSPS) is 10.8. The number of hydrogen-bond donors (Lipinski definition) is 2. The molecule has 2 N–H and O–H groups in total. The SMILES string of the molecule is Cc1ccc(C(=O)NCCNc2ccnc3c(F)ccc(F)c23)cc1F. The Morgan fingerprint density at radius 2 is 1.77 bits per heavy atom. The maximum Gasteiger partial charge on any atom is 0.251 e. The van der Waals surface area contributed by atoms with Crippen molar-refractivity contribution in [3.8, 4) is 0 Å². The number of carbonyl (C=O) groups is 1. The molecule has 1 aromatic heterocycles. The highest BCUT2D eigenvalue weighted by Crippen LogP contribution is 2.26. The van der Waals surface area contributed by atoms with Crippen LogP contribution in [-0.2, 0) is 0 Å². The van der Waals surface area contributed by atoms with Gasteiger partial charge in [-0.15, -0.1) is 0 Å². The van der Waals surface area contributed by atoms with Crippen LogP contribution in [0.2, 0.25) is 0 Å². The maximum absolute atomic E-state index is 14.0. The first-order valence-corrected chi connectivity index (χ1v) is 7.98. The van der Waals surface area contributed by atoms with Crippen molar-refractivity contribution in [2.75, 3.05) is 18.4 Å². The van der Waals surface area contributed by atoms with E-state index in [2.05, 4.69) is 15.6 Å². The molecule has 134 valence electrons. The average molecular weight is 359 g/mol. The largest absolute Gasteiger partial charge is 0.383 e. The fourth-order valence-corrected chi connectivity index (χ4v) is 2.55. The van der Waals surface area contributed by atoms with Crippen LogP contribution in [0, 0.1) is 24.4 Å². The summed E-state index contributed by atoms with van der Waals surface area (Å²) in [7, 11) is 0. The molecular formula is C19H16F3N3O. The summed E-state index contributed by atoms with van der Waals surface area (Å²) in [5, 5.41) is 5.64. The predicted octanol–water partition coefficient (Wildman–Crippen LogP) is 3.80. The van der Waals surface area contributed by atoms with Crippen molar-refractivity contribution in [1.82, 2.24) is 10.3 Å². The van der Waals surface area contributed by atoms with Gasteiger partial charge in [0.1, 0.15) is 23.0 Å². The minimum absolute atomic E-state index is 0.0550. The van der Waals surface area contributed by atoms with E-state index in [1.807, 2.05) is 0 Å². The molecule has 7 heteroatoms. The van der Waals surface area contributed by atoms with Crippen LogP contribution in [-0.4, -0.2) is 24.0 Å². The van der Waals surface area contributed by atoms with E-state index >= 15 is 0 Å². The third-order valence-electron chi connectivity index (χ3n) is 3.95. The number of halogens is 3. The lowest BCUT2D eigenvalue weighted by Crippen LogP contribution is -2.28. The van der Waals surface area contributed by atoms with E-state index in [9.17, 15) is 18.0 Å². The number of anilines is 1. The van der Waals surface area contributed by atoms with Crippen molar-refractivity contribution in [2.45, 2.75) is 6.92 Å². The fraction of sp³-hybridized carbons (Fsp3) is 0.158. The van der Waals surface area contributed by atoms with Gasteiger partial charge in [0.05, 0.1) is 5.39 Å². The molecule has 1 heterocycles. The van der Waals surface area contributed by atoms with Crippen LogP contribution in [0.15, 0.2) is 42.6 Å². The molecule has 4 nitrogen and oxygen atoms in total. The van der Waals surface area contributed by atoms with Crippen LogP contribution >= 0.6 is 0 Å². The monoisotopic (exact) mass is 359 g/mol. The van der Waals surface area contributed by atoms with E-state index in [0.29, 0.717) is 11.3 Å². The number of pyridine rings is 1. The van der Waals surface area contributed by atoms with Gasteiger partial charge in [0.25, 0.3) is 5.91 Å². The second-order valence-corrected chi connectivity index (χ2v) is 5.76. The van der Waals surface area contributed by atoms with Crippen molar-refractivity contribution in [3.05, 3.63) is 71.2 Å². The number of benzene rings is 2. The zero-order valence-electron chi connectivity index (χ0n) is 13.9. The smallest absolute Gasteiger partial charge is 0.251 e. The molecule has 0 aliphatic carbocycles. The van der Waals surface area contributed by atoms with Gasteiger partial charge in [0.2, 0.25) is 0 Å². The van der Waals surface area contributed by atoms with Gasteiger partial charge in [-0.2, -0.15) is 0 Å². The Kier molecular flexibility index (Phi) is 5.06. The molecule has 0 unspecified atom stereocenters.